The first-order chi connectivity index (χ1) is 11.4. The van der Waals surface area contributed by atoms with Gasteiger partial charge >= 0.3 is 5.97 Å². The number of amides is 1. The summed E-state index contributed by atoms with van der Waals surface area (Å²) < 4.78 is 31.3. The number of carbonyl (C=O) groups is 2. The summed E-state index contributed by atoms with van der Waals surface area (Å²) in [5, 5.41) is 0. The molecule has 6 heteroatoms. The molecule has 0 saturated carbocycles. The zero-order valence-corrected chi connectivity index (χ0v) is 13.4. The molecule has 0 bridgehead atoms. The summed E-state index contributed by atoms with van der Waals surface area (Å²) >= 11 is 0. The predicted octanol–water partition coefficient (Wildman–Crippen LogP) is 3.09. The Balaban J connectivity index is 2.32. The van der Waals surface area contributed by atoms with Crippen LogP contribution in [-0.4, -0.2) is 30.4 Å². The number of carbonyl (C=O) groups excluding carboxylic acids is 2. The first-order valence-corrected chi connectivity index (χ1v) is 7.27. The number of benzene rings is 2. The van der Waals surface area contributed by atoms with E-state index in [9.17, 15) is 18.4 Å². The lowest BCUT2D eigenvalue weighted by molar-refractivity contribution is -0.141. The Morgan fingerprint density at radius 3 is 2.29 bits per heavy atom. The van der Waals surface area contributed by atoms with E-state index in [1.807, 2.05) is 31.2 Å². The minimum Gasteiger partial charge on any atom is -0.468 e. The van der Waals surface area contributed by atoms with Crippen LogP contribution in [0.15, 0.2) is 42.5 Å². The minimum absolute atomic E-state index is 0.124. The third kappa shape index (κ3) is 4.38. The largest absolute Gasteiger partial charge is 0.468 e. The highest BCUT2D eigenvalue weighted by atomic mass is 19.1. The van der Waals surface area contributed by atoms with Crippen LogP contribution in [-0.2, 0) is 16.1 Å². The fraction of sp³-hybridized carbons (Fsp3) is 0.222. The van der Waals surface area contributed by atoms with Crippen molar-refractivity contribution in [2.45, 2.75) is 13.5 Å². The maximum Gasteiger partial charge on any atom is 0.325 e. The Bertz CT molecular complexity index is 741. The summed E-state index contributed by atoms with van der Waals surface area (Å²) in [6.45, 7) is 1.68. The van der Waals surface area contributed by atoms with Gasteiger partial charge in [-0.25, -0.2) is 8.78 Å². The Hall–Kier alpha value is -2.76. The van der Waals surface area contributed by atoms with Crippen molar-refractivity contribution in [3.63, 3.8) is 0 Å². The monoisotopic (exact) mass is 333 g/mol. The van der Waals surface area contributed by atoms with Crippen LogP contribution in [0.4, 0.5) is 8.78 Å². The van der Waals surface area contributed by atoms with Crippen molar-refractivity contribution >= 4 is 11.9 Å². The van der Waals surface area contributed by atoms with Crippen molar-refractivity contribution in [3.05, 3.63) is 70.8 Å². The number of halogens is 2. The fourth-order valence-corrected chi connectivity index (χ4v) is 2.27. The molecule has 0 saturated heterocycles. The zero-order valence-electron chi connectivity index (χ0n) is 13.4. The molecule has 0 N–H and O–H groups in total. The molecule has 24 heavy (non-hydrogen) atoms. The van der Waals surface area contributed by atoms with Crippen LogP contribution < -0.4 is 0 Å². The molecule has 0 aromatic heterocycles. The van der Waals surface area contributed by atoms with E-state index in [-0.39, 0.29) is 18.7 Å². The highest BCUT2D eigenvalue weighted by Crippen LogP contribution is 2.15. The number of rotatable bonds is 5. The van der Waals surface area contributed by atoms with Crippen molar-refractivity contribution in [3.8, 4) is 0 Å². The van der Waals surface area contributed by atoms with E-state index in [2.05, 4.69) is 4.74 Å². The second-order valence-corrected chi connectivity index (χ2v) is 5.32. The van der Waals surface area contributed by atoms with Crippen molar-refractivity contribution in [2.75, 3.05) is 13.7 Å². The molecule has 0 aliphatic heterocycles. The van der Waals surface area contributed by atoms with Gasteiger partial charge in [-0.2, -0.15) is 0 Å². The van der Waals surface area contributed by atoms with E-state index in [0.29, 0.717) is 6.07 Å². The van der Waals surface area contributed by atoms with E-state index < -0.39 is 23.5 Å². The Morgan fingerprint density at radius 1 is 1.08 bits per heavy atom. The molecule has 0 radical (unpaired) electrons. The van der Waals surface area contributed by atoms with Gasteiger partial charge in [0.2, 0.25) is 0 Å². The number of ether oxygens (including phenoxy) is 1. The lowest BCUT2D eigenvalue weighted by Gasteiger charge is -2.22. The van der Waals surface area contributed by atoms with E-state index in [1.165, 1.54) is 12.0 Å². The highest BCUT2D eigenvalue weighted by molar-refractivity contribution is 5.96. The number of methoxy groups -OCH3 is 1. The quantitative estimate of drug-likeness (QED) is 0.790. The second-order valence-electron chi connectivity index (χ2n) is 5.32. The number of nitrogens with zero attached hydrogens (tertiary/aromatic N) is 1. The normalized spacial score (nSPS) is 10.3. The molecule has 0 aliphatic carbocycles. The Morgan fingerprint density at radius 2 is 1.71 bits per heavy atom. The van der Waals surface area contributed by atoms with Crippen LogP contribution in [0.25, 0.3) is 0 Å². The predicted molar refractivity (Wildman–Crippen MR) is 84.3 cm³/mol. The van der Waals surface area contributed by atoms with Crippen LogP contribution in [0.1, 0.15) is 21.5 Å². The van der Waals surface area contributed by atoms with Gasteiger partial charge in [0.05, 0.1) is 7.11 Å². The molecule has 0 atom stereocenters. The molecule has 2 aromatic rings. The summed E-state index contributed by atoms with van der Waals surface area (Å²) in [5.74, 6) is -2.98. The van der Waals surface area contributed by atoms with Gasteiger partial charge in [-0.1, -0.05) is 24.3 Å². The maximum atomic E-state index is 13.4. The van der Waals surface area contributed by atoms with Gasteiger partial charge in [-0.05, 0) is 30.2 Å². The molecule has 2 aromatic carbocycles. The van der Waals surface area contributed by atoms with Gasteiger partial charge in [0.15, 0.2) is 0 Å². The molecule has 2 rings (SSSR count). The molecule has 0 unspecified atom stereocenters. The van der Waals surface area contributed by atoms with Gasteiger partial charge in [0.25, 0.3) is 5.91 Å². The van der Waals surface area contributed by atoms with Gasteiger partial charge in [-0.15, -0.1) is 0 Å². The molecular weight excluding hydrogens is 316 g/mol. The molecule has 0 heterocycles. The van der Waals surface area contributed by atoms with E-state index >= 15 is 0 Å². The van der Waals surface area contributed by atoms with Crippen molar-refractivity contribution in [1.29, 1.82) is 0 Å². The molecule has 126 valence electrons. The summed E-state index contributed by atoms with van der Waals surface area (Å²) in [6.07, 6.45) is 0. The summed E-state index contributed by atoms with van der Waals surface area (Å²) in [4.78, 5) is 25.4. The third-order valence-electron chi connectivity index (χ3n) is 3.57. The average molecular weight is 333 g/mol. The molecule has 4 nitrogen and oxygen atoms in total. The smallest absolute Gasteiger partial charge is 0.325 e. The van der Waals surface area contributed by atoms with E-state index in [4.69, 9.17) is 0 Å². The zero-order chi connectivity index (χ0) is 17.7. The Labute approximate surface area is 138 Å². The molecule has 1 amide bonds. The van der Waals surface area contributed by atoms with Crippen molar-refractivity contribution < 1.29 is 23.1 Å². The van der Waals surface area contributed by atoms with Crippen LogP contribution in [0.2, 0.25) is 0 Å². The molecule has 0 spiro atoms. The van der Waals surface area contributed by atoms with E-state index in [0.717, 1.165) is 23.3 Å². The lowest BCUT2D eigenvalue weighted by atomic mass is 10.1. The van der Waals surface area contributed by atoms with Gasteiger partial charge in [0.1, 0.15) is 18.2 Å². The summed E-state index contributed by atoms with van der Waals surface area (Å²) in [7, 11) is 1.21. The number of hydrogen-bond donors (Lipinski definition) is 0. The van der Waals surface area contributed by atoms with Gasteiger partial charge in [-0.3, -0.25) is 9.59 Å². The number of hydrogen-bond acceptors (Lipinski definition) is 3. The topological polar surface area (TPSA) is 46.6 Å². The molecule has 0 aliphatic rings. The minimum atomic E-state index is -0.854. The SMILES string of the molecule is COC(=O)CN(Cc1ccccc1C)C(=O)c1cc(F)cc(F)c1. The third-order valence-corrected chi connectivity index (χ3v) is 3.57. The van der Waals surface area contributed by atoms with Crippen LogP contribution in [0, 0.1) is 18.6 Å². The molecule has 0 fully saturated rings. The van der Waals surface area contributed by atoms with Crippen LogP contribution in [0.3, 0.4) is 0 Å². The first kappa shape index (κ1) is 17.6. The van der Waals surface area contributed by atoms with Gasteiger partial charge in [0, 0.05) is 18.2 Å². The van der Waals surface area contributed by atoms with E-state index in [1.54, 1.807) is 0 Å². The van der Waals surface area contributed by atoms with Crippen molar-refractivity contribution in [2.24, 2.45) is 0 Å². The first-order valence-electron chi connectivity index (χ1n) is 7.27. The number of aryl methyl sites for hydroxylation is 1. The lowest BCUT2D eigenvalue weighted by Crippen LogP contribution is -2.36. The van der Waals surface area contributed by atoms with Crippen molar-refractivity contribution in [1.82, 2.24) is 4.90 Å². The number of esters is 1. The summed E-state index contributed by atoms with van der Waals surface area (Å²) in [6, 6.07) is 9.92. The maximum absolute atomic E-state index is 13.4. The average Bonchev–Trinajstić information content (AvgIpc) is 2.54. The fourth-order valence-electron chi connectivity index (χ4n) is 2.27. The standard InChI is InChI=1S/C18H17F2NO3/c1-12-5-3-4-6-13(12)10-21(11-17(22)24-2)18(23)14-7-15(19)9-16(20)8-14/h3-9H,10-11H2,1-2H3. The highest BCUT2D eigenvalue weighted by Gasteiger charge is 2.21. The Kier molecular flexibility index (Phi) is 5.63. The molecular formula is C18H17F2NO3. The summed E-state index contributed by atoms with van der Waals surface area (Å²) in [5.41, 5.74) is 1.60. The van der Waals surface area contributed by atoms with Crippen LogP contribution in [0.5, 0.6) is 0 Å². The van der Waals surface area contributed by atoms with Gasteiger partial charge < -0.3 is 9.64 Å². The second kappa shape index (κ2) is 7.68. The van der Waals surface area contributed by atoms with Crippen LogP contribution >= 0.6 is 0 Å².